The van der Waals surface area contributed by atoms with E-state index in [4.69, 9.17) is 9.47 Å². The van der Waals surface area contributed by atoms with Gasteiger partial charge in [0, 0.05) is 24.2 Å². The molecule has 0 spiro atoms. The molecule has 4 rings (SSSR count). The maximum absolute atomic E-state index is 13.8. The monoisotopic (exact) mass is 525 g/mol. The number of hydrogen-bond acceptors (Lipinski definition) is 3. The lowest BCUT2D eigenvalue weighted by Gasteiger charge is -2.47. The Kier molecular flexibility index (Phi) is 7.34. The summed E-state index contributed by atoms with van der Waals surface area (Å²) in [5, 5.41) is 0. The summed E-state index contributed by atoms with van der Waals surface area (Å²) >= 11 is 0. The summed E-state index contributed by atoms with van der Waals surface area (Å²) in [4.78, 5) is 1.78. The van der Waals surface area contributed by atoms with Crippen molar-refractivity contribution in [3.05, 3.63) is 113 Å². The minimum Gasteiger partial charge on any atom is -0.466 e. The fourth-order valence-electron chi connectivity index (χ4n) is 4.25. The van der Waals surface area contributed by atoms with Crippen LogP contribution in [0.3, 0.4) is 0 Å². The molecule has 0 aliphatic carbocycles. The van der Waals surface area contributed by atoms with Gasteiger partial charge in [0.25, 0.3) is 0 Å². The van der Waals surface area contributed by atoms with Crippen LogP contribution >= 0.6 is 0 Å². The maximum Gasteiger partial charge on any atom is 0.417 e. The van der Waals surface area contributed by atoms with E-state index in [1.54, 1.807) is 4.90 Å². The van der Waals surface area contributed by atoms with E-state index < -0.39 is 46.3 Å². The minimum absolute atomic E-state index is 0.190. The molecule has 0 amide bonds. The van der Waals surface area contributed by atoms with Crippen molar-refractivity contribution in [2.75, 3.05) is 19.8 Å². The molecule has 0 saturated carbocycles. The van der Waals surface area contributed by atoms with Gasteiger partial charge in [0.1, 0.15) is 18.2 Å². The third kappa shape index (κ3) is 5.80. The Morgan fingerprint density at radius 1 is 0.919 bits per heavy atom. The topological polar surface area (TPSA) is 21.7 Å². The van der Waals surface area contributed by atoms with Crippen LogP contribution in [0.1, 0.15) is 27.8 Å². The van der Waals surface area contributed by atoms with Crippen LogP contribution in [0.2, 0.25) is 0 Å². The van der Waals surface area contributed by atoms with E-state index in [0.29, 0.717) is 23.8 Å². The standard InChI is InChI=1S/C27H22F7NO2/c1-18(23-15-21(26(29,30)31)9-12-24(23)27(32,33)34)37-25(20-7-10-22(28)11-8-20)17-36-14-13-35(25)16-19-5-3-2-4-6-19/h2-12,15H,1,13-14,16-17H2/t25-/m1/s1. The van der Waals surface area contributed by atoms with Crippen LogP contribution in [0, 0.1) is 5.82 Å². The molecule has 3 nitrogen and oxygen atoms in total. The Morgan fingerprint density at radius 3 is 2.22 bits per heavy atom. The normalized spacial score (nSPS) is 19.0. The molecule has 1 heterocycles. The zero-order chi connectivity index (χ0) is 26.8. The Bertz CT molecular complexity index is 1240. The molecule has 3 aromatic rings. The second kappa shape index (κ2) is 10.2. The molecule has 0 N–H and O–H groups in total. The number of halogens is 7. The Hall–Kier alpha value is -3.37. The third-order valence-corrected chi connectivity index (χ3v) is 6.07. The van der Waals surface area contributed by atoms with Gasteiger partial charge in [-0.15, -0.1) is 0 Å². The molecule has 0 unspecified atom stereocenters. The number of benzene rings is 3. The van der Waals surface area contributed by atoms with E-state index in [2.05, 4.69) is 6.58 Å². The van der Waals surface area contributed by atoms with E-state index in [-0.39, 0.29) is 26.3 Å². The average Bonchev–Trinajstić information content (AvgIpc) is 2.85. The predicted molar refractivity (Wildman–Crippen MR) is 122 cm³/mol. The first kappa shape index (κ1) is 26.7. The fraction of sp³-hybridized carbons (Fsp3) is 0.259. The van der Waals surface area contributed by atoms with Gasteiger partial charge < -0.3 is 9.47 Å². The summed E-state index contributed by atoms with van der Waals surface area (Å²) in [6.45, 7) is 4.22. The largest absolute Gasteiger partial charge is 0.466 e. The van der Waals surface area contributed by atoms with Crippen LogP contribution in [-0.2, 0) is 34.1 Å². The van der Waals surface area contributed by atoms with Gasteiger partial charge in [-0.1, -0.05) is 49.0 Å². The molecule has 1 fully saturated rings. The first-order valence-electron chi connectivity index (χ1n) is 11.2. The zero-order valence-corrected chi connectivity index (χ0v) is 19.4. The van der Waals surface area contributed by atoms with Crippen LogP contribution in [-0.4, -0.2) is 24.7 Å². The van der Waals surface area contributed by atoms with Gasteiger partial charge in [-0.3, -0.25) is 4.90 Å². The summed E-state index contributed by atoms with van der Waals surface area (Å²) in [6, 6.07) is 15.3. The molecule has 1 aliphatic heterocycles. The fourth-order valence-corrected chi connectivity index (χ4v) is 4.25. The second-order valence-corrected chi connectivity index (χ2v) is 8.53. The summed E-state index contributed by atoms with van der Waals surface area (Å²) in [5.74, 6) is -1.19. The molecular formula is C27H22F7NO2. The van der Waals surface area contributed by atoms with Crippen molar-refractivity contribution in [2.24, 2.45) is 0 Å². The van der Waals surface area contributed by atoms with Crippen molar-refractivity contribution in [3.8, 4) is 0 Å². The summed E-state index contributed by atoms with van der Waals surface area (Å²) < 4.78 is 107. The number of nitrogens with zero attached hydrogens (tertiary/aromatic N) is 1. The lowest BCUT2D eigenvalue weighted by atomic mass is 9.97. The van der Waals surface area contributed by atoms with E-state index >= 15 is 0 Å². The quantitative estimate of drug-likeness (QED) is 0.250. The molecule has 1 atom stereocenters. The van der Waals surface area contributed by atoms with Gasteiger partial charge in [0.2, 0.25) is 5.72 Å². The van der Waals surface area contributed by atoms with Crippen LogP contribution in [0.4, 0.5) is 30.7 Å². The predicted octanol–water partition coefficient (Wildman–Crippen LogP) is 7.24. The van der Waals surface area contributed by atoms with Crippen molar-refractivity contribution in [3.63, 3.8) is 0 Å². The second-order valence-electron chi connectivity index (χ2n) is 8.53. The zero-order valence-electron chi connectivity index (χ0n) is 19.4. The molecule has 37 heavy (non-hydrogen) atoms. The number of alkyl halides is 6. The Labute approximate surface area is 208 Å². The lowest BCUT2D eigenvalue weighted by molar-refractivity contribution is -0.197. The summed E-state index contributed by atoms with van der Waals surface area (Å²) in [5.41, 5.74) is -3.88. The van der Waals surface area contributed by atoms with Crippen LogP contribution in [0.15, 0.2) is 79.4 Å². The number of ether oxygens (including phenoxy) is 2. The third-order valence-electron chi connectivity index (χ3n) is 6.07. The highest BCUT2D eigenvalue weighted by Crippen LogP contribution is 2.43. The molecule has 0 aromatic heterocycles. The highest BCUT2D eigenvalue weighted by Gasteiger charge is 2.46. The van der Waals surface area contributed by atoms with Gasteiger partial charge in [-0.05, 0) is 35.9 Å². The molecule has 10 heteroatoms. The van der Waals surface area contributed by atoms with Crippen molar-refractivity contribution in [2.45, 2.75) is 24.6 Å². The van der Waals surface area contributed by atoms with Gasteiger partial charge in [0.15, 0.2) is 0 Å². The van der Waals surface area contributed by atoms with Crippen LogP contribution in [0.5, 0.6) is 0 Å². The van der Waals surface area contributed by atoms with Crippen molar-refractivity contribution < 1.29 is 40.2 Å². The molecule has 3 aromatic carbocycles. The molecular weight excluding hydrogens is 503 g/mol. The molecule has 0 bridgehead atoms. The number of morpholine rings is 1. The van der Waals surface area contributed by atoms with E-state index in [0.717, 1.165) is 17.7 Å². The smallest absolute Gasteiger partial charge is 0.417 e. The highest BCUT2D eigenvalue weighted by atomic mass is 19.4. The molecule has 196 valence electrons. The van der Waals surface area contributed by atoms with E-state index in [1.807, 2.05) is 30.3 Å². The van der Waals surface area contributed by atoms with Crippen molar-refractivity contribution in [1.82, 2.24) is 4.90 Å². The van der Waals surface area contributed by atoms with E-state index in [9.17, 15) is 30.7 Å². The number of rotatable bonds is 6. The first-order chi connectivity index (χ1) is 17.4. The van der Waals surface area contributed by atoms with Gasteiger partial charge in [0.05, 0.1) is 17.7 Å². The Balaban J connectivity index is 1.82. The summed E-state index contributed by atoms with van der Waals surface area (Å²) in [7, 11) is 0. The molecule has 0 radical (unpaired) electrons. The molecule has 1 aliphatic rings. The van der Waals surface area contributed by atoms with Crippen LogP contribution in [0.25, 0.3) is 5.76 Å². The van der Waals surface area contributed by atoms with Gasteiger partial charge in [-0.2, -0.15) is 26.3 Å². The van der Waals surface area contributed by atoms with Gasteiger partial charge >= 0.3 is 12.4 Å². The average molecular weight is 525 g/mol. The number of hydrogen-bond donors (Lipinski definition) is 0. The molecule has 1 saturated heterocycles. The van der Waals surface area contributed by atoms with Crippen molar-refractivity contribution in [1.29, 1.82) is 0 Å². The van der Waals surface area contributed by atoms with E-state index in [1.165, 1.54) is 12.1 Å². The van der Waals surface area contributed by atoms with Gasteiger partial charge in [-0.25, -0.2) is 4.39 Å². The minimum atomic E-state index is -4.97. The highest BCUT2D eigenvalue weighted by molar-refractivity contribution is 5.63. The lowest BCUT2D eigenvalue weighted by Crippen LogP contribution is -2.55. The summed E-state index contributed by atoms with van der Waals surface area (Å²) in [6.07, 6.45) is -9.86. The van der Waals surface area contributed by atoms with Crippen molar-refractivity contribution >= 4 is 5.76 Å². The van der Waals surface area contributed by atoms with Crippen LogP contribution < -0.4 is 0 Å². The first-order valence-corrected chi connectivity index (χ1v) is 11.2. The maximum atomic E-state index is 13.8. The Morgan fingerprint density at radius 2 is 1.59 bits per heavy atom. The SMILES string of the molecule is C=C(O[C@@]1(c2ccc(F)cc2)COCCN1Cc1ccccc1)c1cc(C(F)(F)F)ccc1C(F)(F)F.